The van der Waals surface area contributed by atoms with Crippen LogP contribution in [-0.4, -0.2) is 46.9 Å². The fraction of sp³-hybridized carbons (Fsp3) is 0.353. The van der Waals surface area contributed by atoms with Crippen molar-refractivity contribution < 1.29 is 18.7 Å². The number of hydrogen-bond acceptors (Lipinski definition) is 4. The van der Waals surface area contributed by atoms with Crippen LogP contribution in [0.25, 0.3) is 5.69 Å². The third-order valence-corrected chi connectivity index (χ3v) is 4.19. The van der Waals surface area contributed by atoms with E-state index in [0.29, 0.717) is 30.9 Å². The zero-order valence-corrected chi connectivity index (χ0v) is 13.8. The summed E-state index contributed by atoms with van der Waals surface area (Å²) in [7, 11) is 1.32. The Morgan fingerprint density at radius 2 is 2.24 bits per heavy atom. The van der Waals surface area contributed by atoms with Gasteiger partial charge in [0.15, 0.2) is 5.82 Å². The smallest absolute Gasteiger partial charge is 0.409 e. The van der Waals surface area contributed by atoms with Crippen LogP contribution in [0.5, 0.6) is 0 Å². The second-order valence-corrected chi connectivity index (χ2v) is 5.86. The highest BCUT2D eigenvalue weighted by Gasteiger charge is 2.29. The Kier molecular flexibility index (Phi) is 4.97. The molecule has 8 heteroatoms. The standard InChI is InChI=1S/C17H19FN4O3/c1-25-17(24)21-8-2-4-12(11-21)16(23)20-13-5-6-15(14(18)10-13)22-9-3-7-19-22/h3,5-7,9-10,12H,2,4,8,11H2,1H3,(H,20,23)/t12-/m0/s1. The maximum atomic E-state index is 14.2. The first-order valence-electron chi connectivity index (χ1n) is 8.02. The van der Waals surface area contributed by atoms with Crippen molar-refractivity contribution in [1.29, 1.82) is 0 Å². The summed E-state index contributed by atoms with van der Waals surface area (Å²) in [5, 5.41) is 6.70. The molecule has 0 spiro atoms. The summed E-state index contributed by atoms with van der Waals surface area (Å²) in [6.45, 7) is 0.871. The number of piperidine rings is 1. The quantitative estimate of drug-likeness (QED) is 0.926. The lowest BCUT2D eigenvalue weighted by Crippen LogP contribution is -2.43. The van der Waals surface area contributed by atoms with Gasteiger partial charge in [0.25, 0.3) is 0 Å². The molecule has 0 bridgehead atoms. The van der Waals surface area contributed by atoms with Crippen LogP contribution < -0.4 is 5.32 Å². The minimum Gasteiger partial charge on any atom is -0.453 e. The fourth-order valence-corrected chi connectivity index (χ4v) is 2.91. The Morgan fingerprint density at radius 1 is 1.40 bits per heavy atom. The van der Waals surface area contributed by atoms with Gasteiger partial charge in [0, 0.05) is 31.2 Å². The Labute approximate surface area is 144 Å². The summed E-state index contributed by atoms with van der Waals surface area (Å²) in [5.74, 6) is -1.07. The largest absolute Gasteiger partial charge is 0.453 e. The van der Waals surface area contributed by atoms with E-state index in [1.807, 2.05) is 0 Å². The topological polar surface area (TPSA) is 76.5 Å². The number of methoxy groups -OCH3 is 1. The van der Waals surface area contributed by atoms with Crippen molar-refractivity contribution in [3.8, 4) is 5.69 Å². The molecule has 0 saturated carbocycles. The SMILES string of the molecule is COC(=O)N1CCC[C@H](C(=O)Nc2ccc(-n3cccn3)c(F)c2)C1. The average Bonchev–Trinajstić information content (AvgIpc) is 3.15. The molecule has 1 aromatic heterocycles. The third kappa shape index (κ3) is 3.78. The van der Waals surface area contributed by atoms with Gasteiger partial charge >= 0.3 is 6.09 Å². The van der Waals surface area contributed by atoms with Crippen molar-refractivity contribution in [3.05, 3.63) is 42.5 Å². The molecule has 7 nitrogen and oxygen atoms in total. The van der Waals surface area contributed by atoms with Gasteiger partial charge in [-0.1, -0.05) is 0 Å². The van der Waals surface area contributed by atoms with Crippen molar-refractivity contribution in [2.24, 2.45) is 5.92 Å². The molecule has 0 aliphatic carbocycles. The first-order valence-corrected chi connectivity index (χ1v) is 8.02. The molecule has 1 fully saturated rings. The number of carbonyl (C=O) groups excluding carboxylic acids is 2. The van der Waals surface area contributed by atoms with Gasteiger partial charge in [0.05, 0.1) is 13.0 Å². The maximum absolute atomic E-state index is 14.2. The second-order valence-electron chi connectivity index (χ2n) is 5.86. The minimum absolute atomic E-state index is 0.236. The number of nitrogens with one attached hydrogen (secondary N) is 1. The summed E-state index contributed by atoms with van der Waals surface area (Å²) >= 11 is 0. The van der Waals surface area contributed by atoms with Gasteiger partial charge in [-0.05, 0) is 37.1 Å². The van der Waals surface area contributed by atoms with Crippen molar-refractivity contribution >= 4 is 17.7 Å². The number of anilines is 1. The highest BCUT2D eigenvalue weighted by Crippen LogP contribution is 2.21. The number of aromatic nitrogens is 2. The van der Waals surface area contributed by atoms with Gasteiger partial charge in [-0.25, -0.2) is 13.9 Å². The summed E-state index contributed by atoms with van der Waals surface area (Å²) < 4.78 is 20.3. The number of carbonyl (C=O) groups is 2. The number of nitrogens with zero attached hydrogens (tertiary/aromatic N) is 3. The highest BCUT2D eigenvalue weighted by atomic mass is 19.1. The van der Waals surface area contributed by atoms with E-state index in [2.05, 4.69) is 10.4 Å². The Morgan fingerprint density at radius 3 is 2.92 bits per heavy atom. The van der Waals surface area contributed by atoms with Gasteiger partial charge in [0.1, 0.15) is 5.69 Å². The van der Waals surface area contributed by atoms with E-state index in [9.17, 15) is 14.0 Å². The molecule has 2 aromatic rings. The molecule has 1 N–H and O–H groups in total. The number of benzene rings is 1. The molecule has 1 saturated heterocycles. The predicted molar refractivity (Wildman–Crippen MR) is 88.9 cm³/mol. The molecule has 3 rings (SSSR count). The fourth-order valence-electron chi connectivity index (χ4n) is 2.91. The molecule has 1 aromatic carbocycles. The van der Waals surface area contributed by atoms with E-state index < -0.39 is 11.9 Å². The van der Waals surface area contributed by atoms with Crippen molar-refractivity contribution in [2.75, 3.05) is 25.5 Å². The van der Waals surface area contributed by atoms with E-state index in [4.69, 9.17) is 4.74 Å². The maximum Gasteiger partial charge on any atom is 0.409 e. The van der Waals surface area contributed by atoms with Gasteiger partial charge in [0.2, 0.25) is 5.91 Å². The second kappa shape index (κ2) is 7.33. The van der Waals surface area contributed by atoms with Crippen LogP contribution in [0.1, 0.15) is 12.8 Å². The Hall–Kier alpha value is -2.90. The van der Waals surface area contributed by atoms with Crippen LogP contribution in [0.15, 0.2) is 36.7 Å². The number of halogens is 1. The van der Waals surface area contributed by atoms with Crippen LogP contribution >= 0.6 is 0 Å². The first kappa shape index (κ1) is 16.9. The molecule has 2 amide bonds. The molecule has 1 aliphatic heterocycles. The van der Waals surface area contributed by atoms with Gasteiger partial charge < -0.3 is 15.0 Å². The molecule has 25 heavy (non-hydrogen) atoms. The van der Waals surface area contributed by atoms with E-state index >= 15 is 0 Å². The van der Waals surface area contributed by atoms with E-state index in [1.165, 1.54) is 22.8 Å². The molecule has 2 heterocycles. The normalized spacial score (nSPS) is 17.2. The monoisotopic (exact) mass is 346 g/mol. The molecule has 132 valence electrons. The van der Waals surface area contributed by atoms with Gasteiger partial charge in [-0.3, -0.25) is 4.79 Å². The number of ether oxygens (including phenoxy) is 1. The number of likely N-dealkylation sites (tertiary alicyclic amines) is 1. The lowest BCUT2D eigenvalue weighted by atomic mass is 9.97. The van der Waals surface area contributed by atoms with Crippen LogP contribution in [0.2, 0.25) is 0 Å². The number of hydrogen-bond donors (Lipinski definition) is 1. The van der Waals surface area contributed by atoms with Crippen molar-refractivity contribution in [3.63, 3.8) is 0 Å². The lowest BCUT2D eigenvalue weighted by Gasteiger charge is -2.30. The summed E-state index contributed by atoms with van der Waals surface area (Å²) in [6, 6.07) is 6.14. The number of rotatable bonds is 3. The average molecular weight is 346 g/mol. The molecule has 1 aliphatic rings. The van der Waals surface area contributed by atoms with Crippen LogP contribution in [0.4, 0.5) is 14.9 Å². The van der Waals surface area contributed by atoms with Crippen molar-refractivity contribution in [2.45, 2.75) is 12.8 Å². The van der Waals surface area contributed by atoms with E-state index in [0.717, 1.165) is 6.42 Å². The molecular formula is C17H19FN4O3. The molecule has 0 unspecified atom stereocenters. The Balaban J connectivity index is 1.66. The molecular weight excluding hydrogens is 327 g/mol. The van der Waals surface area contributed by atoms with Crippen LogP contribution in [-0.2, 0) is 9.53 Å². The van der Waals surface area contributed by atoms with Gasteiger partial charge in [-0.2, -0.15) is 5.10 Å². The Bertz CT molecular complexity index is 763. The lowest BCUT2D eigenvalue weighted by molar-refractivity contribution is -0.121. The van der Waals surface area contributed by atoms with E-state index in [1.54, 1.807) is 30.6 Å². The molecule has 1 atom stereocenters. The zero-order chi connectivity index (χ0) is 17.8. The third-order valence-electron chi connectivity index (χ3n) is 4.19. The molecule has 0 radical (unpaired) electrons. The van der Waals surface area contributed by atoms with Gasteiger partial charge in [-0.15, -0.1) is 0 Å². The predicted octanol–water partition coefficient (Wildman–Crippen LogP) is 2.43. The number of amides is 2. The summed E-state index contributed by atoms with van der Waals surface area (Å²) in [4.78, 5) is 25.5. The van der Waals surface area contributed by atoms with Crippen LogP contribution in [0, 0.1) is 11.7 Å². The highest BCUT2D eigenvalue weighted by molar-refractivity contribution is 5.93. The summed E-state index contributed by atoms with van der Waals surface area (Å²) in [6.07, 6.45) is 4.16. The van der Waals surface area contributed by atoms with E-state index in [-0.39, 0.29) is 11.8 Å². The first-order chi connectivity index (χ1) is 12.1. The zero-order valence-electron chi connectivity index (χ0n) is 13.8. The van der Waals surface area contributed by atoms with Crippen molar-refractivity contribution in [1.82, 2.24) is 14.7 Å². The summed E-state index contributed by atoms with van der Waals surface area (Å²) in [5.41, 5.74) is 0.672. The van der Waals surface area contributed by atoms with Crippen LogP contribution in [0.3, 0.4) is 0 Å². The minimum atomic E-state index is -0.485.